The summed E-state index contributed by atoms with van der Waals surface area (Å²) in [5.74, 6) is 0. The van der Waals surface area contributed by atoms with Gasteiger partial charge in [0.05, 0.1) is 6.61 Å². The van der Waals surface area contributed by atoms with Gasteiger partial charge in [0.1, 0.15) is 10.7 Å². The Balaban J connectivity index is 1.82. The number of pyridine rings is 1. The number of halogens is 1. The van der Waals surface area contributed by atoms with Crippen molar-refractivity contribution in [2.45, 2.75) is 12.8 Å². The van der Waals surface area contributed by atoms with Crippen LogP contribution in [0.1, 0.15) is 11.4 Å². The molecule has 1 N–H and O–H groups in total. The molecule has 0 fully saturated rings. The number of aromatic nitrogens is 3. The van der Waals surface area contributed by atoms with E-state index in [0.29, 0.717) is 0 Å². The Morgan fingerprint density at radius 1 is 1.35 bits per heavy atom. The van der Waals surface area contributed by atoms with Gasteiger partial charge >= 0.3 is 0 Å². The number of methoxy groups -OCH3 is 1. The van der Waals surface area contributed by atoms with Gasteiger partial charge in [0.2, 0.25) is 0 Å². The van der Waals surface area contributed by atoms with E-state index in [0.717, 1.165) is 52.7 Å². The first-order valence-corrected chi connectivity index (χ1v) is 8.05. The fourth-order valence-electron chi connectivity index (χ4n) is 1.66. The van der Waals surface area contributed by atoms with Crippen LogP contribution in [0.4, 0.5) is 0 Å². The van der Waals surface area contributed by atoms with Crippen molar-refractivity contribution in [2.75, 3.05) is 26.8 Å². The lowest BCUT2D eigenvalue weighted by Gasteiger charge is -2.01. The van der Waals surface area contributed by atoms with Gasteiger partial charge in [0.25, 0.3) is 0 Å². The van der Waals surface area contributed by atoms with Crippen LogP contribution in [0.15, 0.2) is 22.8 Å². The highest BCUT2D eigenvalue weighted by Gasteiger charge is 2.10. The van der Waals surface area contributed by atoms with Crippen LogP contribution in [0.5, 0.6) is 0 Å². The second-order valence-electron chi connectivity index (χ2n) is 4.18. The van der Waals surface area contributed by atoms with E-state index in [1.807, 2.05) is 12.1 Å². The number of rotatable bonds is 8. The molecule has 108 valence electrons. The van der Waals surface area contributed by atoms with Crippen LogP contribution in [0.3, 0.4) is 0 Å². The summed E-state index contributed by atoms with van der Waals surface area (Å²) in [6.45, 7) is 2.60. The largest absolute Gasteiger partial charge is 0.383 e. The van der Waals surface area contributed by atoms with Crippen LogP contribution in [0, 0.1) is 0 Å². The first-order chi connectivity index (χ1) is 9.81. The quantitative estimate of drug-likeness (QED) is 0.736. The average molecular weight is 357 g/mol. The van der Waals surface area contributed by atoms with Gasteiger partial charge in [0, 0.05) is 30.7 Å². The summed E-state index contributed by atoms with van der Waals surface area (Å²) in [5.41, 5.74) is 0.856. The van der Waals surface area contributed by atoms with Crippen molar-refractivity contribution >= 4 is 27.3 Å². The maximum atomic E-state index is 4.98. The summed E-state index contributed by atoms with van der Waals surface area (Å²) < 4.78 is 5.92. The van der Waals surface area contributed by atoms with Gasteiger partial charge < -0.3 is 10.1 Å². The minimum absolute atomic E-state index is 0.747. The van der Waals surface area contributed by atoms with Gasteiger partial charge in [-0.3, -0.25) is 4.98 Å². The average Bonchev–Trinajstić information content (AvgIpc) is 2.92. The Bertz CT molecular complexity index is 535. The van der Waals surface area contributed by atoms with Crippen molar-refractivity contribution in [3.05, 3.63) is 27.8 Å². The number of ether oxygens (including phenoxy) is 1. The van der Waals surface area contributed by atoms with E-state index in [1.165, 1.54) is 0 Å². The molecule has 0 atom stereocenters. The molecule has 2 aromatic rings. The van der Waals surface area contributed by atoms with Crippen molar-refractivity contribution in [3.63, 3.8) is 0 Å². The molecule has 0 aliphatic heterocycles. The van der Waals surface area contributed by atoms with Crippen molar-refractivity contribution in [1.82, 2.24) is 20.5 Å². The summed E-state index contributed by atoms with van der Waals surface area (Å²) in [6.07, 6.45) is 3.74. The number of aryl methyl sites for hydroxylation is 1. The maximum Gasteiger partial charge on any atom is 0.167 e. The lowest BCUT2D eigenvalue weighted by atomic mass is 10.3. The molecule has 0 aromatic carbocycles. The number of nitrogens with zero attached hydrogens (tertiary/aromatic N) is 3. The lowest BCUT2D eigenvalue weighted by Crippen LogP contribution is -2.20. The van der Waals surface area contributed by atoms with Crippen molar-refractivity contribution in [3.8, 4) is 10.7 Å². The molecule has 2 rings (SSSR count). The molecule has 0 unspecified atom stereocenters. The summed E-state index contributed by atoms with van der Waals surface area (Å²) in [5, 5.41) is 13.7. The summed E-state index contributed by atoms with van der Waals surface area (Å²) in [7, 11) is 1.71. The fraction of sp³-hybridized carbons (Fsp3) is 0.462. The topological polar surface area (TPSA) is 59.9 Å². The van der Waals surface area contributed by atoms with Crippen molar-refractivity contribution in [2.24, 2.45) is 0 Å². The summed E-state index contributed by atoms with van der Waals surface area (Å²) in [6, 6.07) is 3.85. The van der Waals surface area contributed by atoms with E-state index in [4.69, 9.17) is 4.74 Å². The molecule has 0 saturated heterocycles. The molecular weight excluding hydrogens is 340 g/mol. The summed E-state index contributed by atoms with van der Waals surface area (Å²) in [4.78, 5) is 4.33. The normalized spacial score (nSPS) is 10.9. The van der Waals surface area contributed by atoms with Crippen LogP contribution in [-0.2, 0) is 11.2 Å². The number of hydrogen-bond acceptors (Lipinski definition) is 6. The number of nitrogens with one attached hydrogen (secondary N) is 1. The highest BCUT2D eigenvalue weighted by Crippen LogP contribution is 2.28. The standard InChI is InChI=1S/C13H17BrN4OS/c1-19-9-8-15-6-3-5-11-17-18-13(20-11)12-10(14)4-2-7-16-12/h2,4,7,15H,3,5-6,8-9H2,1H3. The van der Waals surface area contributed by atoms with Gasteiger partial charge in [-0.15, -0.1) is 10.2 Å². The van der Waals surface area contributed by atoms with Crippen LogP contribution in [0.2, 0.25) is 0 Å². The molecule has 0 saturated carbocycles. The first-order valence-electron chi connectivity index (χ1n) is 6.44. The molecule has 20 heavy (non-hydrogen) atoms. The van der Waals surface area contributed by atoms with E-state index in [2.05, 4.69) is 36.4 Å². The Hall–Kier alpha value is -0.890. The molecule has 0 amide bonds. The van der Waals surface area contributed by atoms with Crippen LogP contribution >= 0.6 is 27.3 Å². The van der Waals surface area contributed by atoms with Crippen molar-refractivity contribution in [1.29, 1.82) is 0 Å². The van der Waals surface area contributed by atoms with E-state index >= 15 is 0 Å². The Morgan fingerprint density at radius 3 is 3.05 bits per heavy atom. The number of hydrogen-bond donors (Lipinski definition) is 1. The third-order valence-electron chi connectivity index (χ3n) is 2.66. The Kier molecular flexibility index (Phi) is 6.52. The SMILES string of the molecule is COCCNCCCc1nnc(-c2ncccc2Br)s1. The molecule has 2 heterocycles. The minimum Gasteiger partial charge on any atom is -0.383 e. The van der Waals surface area contributed by atoms with Crippen molar-refractivity contribution < 1.29 is 4.74 Å². The van der Waals surface area contributed by atoms with E-state index in [9.17, 15) is 0 Å². The third kappa shape index (κ3) is 4.59. The molecular formula is C13H17BrN4OS. The van der Waals surface area contributed by atoms with E-state index in [1.54, 1.807) is 24.6 Å². The first kappa shape index (κ1) is 15.5. The van der Waals surface area contributed by atoms with Gasteiger partial charge in [-0.25, -0.2) is 0 Å². The van der Waals surface area contributed by atoms with Gasteiger partial charge in [-0.1, -0.05) is 11.3 Å². The zero-order chi connectivity index (χ0) is 14.2. The zero-order valence-electron chi connectivity index (χ0n) is 11.3. The third-order valence-corrected chi connectivity index (χ3v) is 4.28. The molecule has 5 nitrogen and oxygen atoms in total. The predicted molar refractivity (Wildman–Crippen MR) is 83.9 cm³/mol. The fourth-order valence-corrected chi connectivity index (χ4v) is 3.12. The molecule has 0 bridgehead atoms. The molecule has 0 radical (unpaired) electrons. The highest BCUT2D eigenvalue weighted by molar-refractivity contribution is 9.10. The second-order valence-corrected chi connectivity index (χ2v) is 6.10. The monoisotopic (exact) mass is 356 g/mol. The summed E-state index contributed by atoms with van der Waals surface area (Å²) >= 11 is 5.09. The maximum absolute atomic E-state index is 4.98. The molecule has 2 aromatic heterocycles. The van der Waals surface area contributed by atoms with E-state index in [-0.39, 0.29) is 0 Å². The van der Waals surface area contributed by atoms with Gasteiger partial charge in [-0.2, -0.15) is 0 Å². The Labute approximate surface area is 130 Å². The predicted octanol–water partition coefficient (Wildman–Crippen LogP) is 2.53. The van der Waals surface area contributed by atoms with Crippen LogP contribution < -0.4 is 5.32 Å². The molecule has 7 heteroatoms. The smallest absolute Gasteiger partial charge is 0.167 e. The molecule has 0 aliphatic rings. The lowest BCUT2D eigenvalue weighted by molar-refractivity contribution is 0.199. The van der Waals surface area contributed by atoms with Crippen LogP contribution in [0.25, 0.3) is 10.7 Å². The zero-order valence-corrected chi connectivity index (χ0v) is 13.7. The van der Waals surface area contributed by atoms with Gasteiger partial charge in [0.15, 0.2) is 5.01 Å². The second kappa shape index (κ2) is 8.41. The Morgan fingerprint density at radius 2 is 2.25 bits per heavy atom. The van der Waals surface area contributed by atoms with Crippen LogP contribution in [-0.4, -0.2) is 42.0 Å². The highest BCUT2D eigenvalue weighted by atomic mass is 79.9. The minimum atomic E-state index is 0.747. The van der Waals surface area contributed by atoms with Gasteiger partial charge in [-0.05, 0) is 41.0 Å². The molecule has 0 spiro atoms. The molecule has 0 aliphatic carbocycles. The van der Waals surface area contributed by atoms with E-state index < -0.39 is 0 Å².